The summed E-state index contributed by atoms with van der Waals surface area (Å²) in [5.74, 6) is -1.22. The quantitative estimate of drug-likeness (QED) is 0.817. The number of urea groups is 1. The summed E-state index contributed by atoms with van der Waals surface area (Å²) >= 11 is 0. The lowest BCUT2D eigenvalue weighted by Gasteiger charge is -2.31. The molecule has 1 aliphatic rings. The summed E-state index contributed by atoms with van der Waals surface area (Å²) in [6, 6.07) is 5.46. The molecular weight excluding hydrogens is 350 g/mol. The fourth-order valence-electron chi connectivity index (χ4n) is 3.59. The number of rotatable bonds is 4. The number of carbonyl (C=O) groups is 1. The average Bonchev–Trinajstić information content (AvgIpc) is 2.65. The van der Waals surface area contributed by atoms with Crippen LogP contribution in [0.25, 0.3) is 11.3 Å². The fourth-order valence-corrected chi connectivity index (χ4v) is 3.59. The first kappa shape index (κ1) is 19.2. The number of hydrogen-bond donors (Lipinski definition) is 0. The minimum Gasteiger partial charge on any atom is -0.331 e. The molecule has 5 nitrogen and oxygen atoms in total. The first-order valence-corrected chi connectivity index (χ1v) is 9.19. The van der Waals surface area contributed by atoms with Crippen molar-refractivity contribution in [3.8, 4) is 11.3 Å². The standard InChI is InChI=1S/C20H24F2N4O/c1-4-26(20(27)25(2)3)12-14-8-5-7-13-11-17(23-24-19(13)14)18-15(21)9-6-10-16(18)22/h6,9-11,14H,4-5,7-8,12H2,1-3H3. The summed E-state index contributed by atoms with van der Waals surface area (Å²) in [4.78, 5) is 15.6. The highest BCUT2D eigenvalue weighted by molar-refractivity contribution is 5.73. The van der Waals surface area contributed by atoms with Crippen LogP contribution in [0.15, 0.2) is 24.3 Å². The van der Waals surface area contributed by atoms with Gasteiger partial charge in [0.25, 0.3) is 0 Å². The molecule has 1 aliphatic carbocycles. The zero-order chi connectivity index (χ0) is 19.6. The van der Waals surface area contributed by atoms with Crippen molar-refractivity contribution in [3.63, 3.8) is 0 Å². The van der Waals surface area contributed by atoms with Crippen molar-refractivity contribution < 1.29 is 13.6 Å². The van der Waals surface area contributed by atoms with E-state index in [1.165, 1.54) is 18.2 Å². The summed E-state index contributed by atoms with van der Waals surface area (Å²) in [5, 5.41) is 8.42. The Morgan fingerprint density at radius 1 is 1.22 bits per heavy atom. The molecule has 27 heavy (non-hydrogen) atoms. The van der Waals surface area contributed by atoms with Gasteiger partial charge in [0.2, 0.25) is 0 Å². The first-order chi connectivity index (χ1) is 12.9. The van der Waals surface area contributed by atoms with Crippen LogP contribution in [0, 0.1) is 11.6 Å². The number of likely N-dealkylation sites (N-methyl/N-ethyl adjacent to an activating group) is 1. The first-order valence-electron chi connectivity index (χ1n) is 9.19. The van der Waals surface area contributed by atoms with E-state index in [4.69, 9.17) is 0 Å². The van der Waals surface area contributed by atoms with Crippen LogP contribution in [0.5, 0.6) is 0 Å². The van der Waals surface area contributed by atoms with Crippen LogP contribution in [-0.2, 0) is 6.42 Å². The maximum Gasteiger partial charge on any atom is 0.319 e. The SMILES string of the molecule is CCN(CC1CCCc2cc(-c3c(F)cccc3F)nnc21)C(=O)N(C)C. The van der Waals surface area contributed by atoms with Gasteiger partial charge in [-0.05, 0) is 49.9 Å². The van der Waals surface area contributed by atoms with Gasteiger partial charge in [-0.3, -0.25) is 0 Å². The number of aryl methyl sites for hydroxylation is 1. The lowest BCUT2D eigenvalue weighted by molar-refractivity contribution is 0.168. The molecule has 3 rings (SSSR count). The average molecular weight is 374 g/mol. The Balaban J connectivity index is 1.90. The molecule has 1 unspecified atom stereocenters. The summed E-state index contributed by atoms with van der Waals surface area (Å²) in [6.07, 6.45) is 2.64. The number of carbonyl (C=O) groups excluding carboxylic acids is 1. The molecule has 0 N–H and O–H groups in total. The number of fused-ring (bicyclic) bond motifs is 1. The molecule has 144 valence electrons. The van der Waals surface area contributed by atoms with Gasteiger partial charge in [0, 0.05) is 33.1 Å². The molecule has 2 amide bonds. The van der Waals surface area contributed by atoms with Gasteiger partial charge in [0.1, 0.15) is 11.6 Å². The van der Waals surface area contributed by atoms with Gasteiger partial charge in [-0.2, -0.15) is 10.2 Å². The third-order valence-corrected chi connectivity index (χ3v) is 4.99. The fraction of sp³-hybridized carbons (Fsp3) is 0.450. The summed E-state index contributed by atoms with van der Waals surface area (Å²) in [6.45, 7) is 3.11. The molecule has 1 atom stereocenters. The smallest absolute Gasteiger partial charge is 0.319 e. The highest BCUT2D eigenvalue weighted by Gasteiger charge is 2.27. The van der Waals surface area contributed by atoms with Crippen LogP contribution in [0.4, 0.5) is 13.6 Å². The van der Waals surface area contributed by atoms with Crippen LogP contribution in [-0.4, -0.2) is 53.2 Å². The summed E-state index contributed by atoms with van der Waals surface area (Å²) in [5.41, 5.74) is 1.84. The van der Waals surface area contributed by atoms with Crippen LogP contribution < -0.4 is 0 Å². The highest BCUT2D eigenvalue weighted by atomic mass is 19.1. The van der Waals surface area contributed by atoms with Gasteiger partial charge in [0.15, 0.2) is 0 Å². The number of aromatic nitrogens is 2. The van der Waals surface area contributed by atoms with Crippen molar-refractivity contribution in [1.82, 2.24) is 20.0 Å². The van der Waals surface area contributed by atoms with Gasteiger partial charge >= 0.3 is 6.03 Å². The Labute approximate surface area is 158 Å². The van der Waals surface area contributed by atoms with Crippen molar-refractivity contribution in [2.24, 2.45) is 0 Å². The van der Waals surface area contributed by atoms with Crippen LogP contribution >= 0.6 is 0 Å². The normalized spacial score (nSPS) is 16.0. The zero-order valence-corrected chi connectivity index (χ0v) is 15.9. The van der Waals surface area contributed by atoms with Crippen molar-refractivity contribution >= 4 is 6.03 Å². The maximum absolute atomic E-state index is 14.1. The van der Waals surface area contributed by atoms with E-state index in [1.54, 1.807) is 30.0 Å². The molecule has 1 aromatic carbocycles. The molecule has 0 bridgehead atoms. The van der Waals surface area contributed by atoms with Gasteiger partial charge in [-0.25, -0.2) is 13.6 Å². The molecule has 2 aromatic rings. The van der Waals surface area contributed by atoms with E-state index >= 15 is 0 Å². The van der Waals surface area contributed by atoms with Crippen LogP contribution in [0.2, 0.25) is 0 Å². The minimum absolute atomic E-state index is 0.0392. The van der Waals surface area contributed by atoms with Gasteiger partial charge < -0.3 is 9.80 Å². The number of nitrogens with zero attached hydrogens (tertiary/aromatic N) is 4. The third kappa shape index (κ3) is 3.91. The molecule has 7 heteroatoms. The molecule has 0 spiro atoms. The van der Waals surface area contributed by atoms with Crippen molar-refractivity contribution in [1.29, 1.82) is 0 Å². The lowest BCUT2D eigenvalue weighted by Crippen LogP contribution is -2.41. The van der Waals surface area contributed by atoms with Crippen LogP contribution in [0.3, 0.4) is 0 Å². The Bertz CT molecular complexity index is 820. The van der Waals surface area contributed by atoms with Crippen LogP contribution in [0.1, 0.15) is 36.9 Å². The highest BCUT2D eigenvalue weighted by Crippen LogP contribution is 2.33. The molecule has 0 aliphatic heterocycles. The molecule has 1 heterocycles. The predicted molar refractivity (Wildman–Crippen MR) is 99.4 cm³/mol. The Hall–Kier alpha value is -2.57. The lowest BCUT2D eigenvalue weighted by atomic mass is 9.86. The molecule has 1 aromatic heterocycles. The molecule has 0 saturated carbocycles. The van der Waals surface area contributed by atoms with Gasteiger partial charge in [-0.15, -0.1) is 0 Å². The number of benzene rings is 1. The van der Waals surface area contributed by atoms with Crippen molar-refractivity contribution in [2.45, 2.75) is 32.1 Å². The molecule has 0 saturated heterocycles. The molecule has 0 radical (unpaired) electrons. The van der Waals surface area contributed by atoms with E-state index in [-0.39, 0.29) is 23.2 Å². The topological polar surface area (TPSA) is 49.3 Å². The molecular formula is C20H24F2N4O. The van der Waals surface area contributed by atoms with Crippen molar-refractivity contribution in [2.75, 3.05) is 27.2 Å². The Morgan fingerprint density at radius 2 is 1.93 bits per heavy atom. The Kier molecular flexibility index (Phi) is 5.68. The second-order valence-corrected chi connectivity index (χ2v) is 7.04. The van der Waals surface area contributed by atoms with E-state index in [9.17, 15) is 13.6 Å². The summed E-state index contributed by atoms with van der Waals surface area (Å²) < 4.78 is 28.1. The van der Waals surface area contributed by atoms with E-state index in [0.29, 0.717) is 13.1 Å². The predicted octanol–water partition coefficient (Wildman–Crippen LogP) is 3.85. The number of amides is 2. The van der Waals surface area contributed by atoms with E-state index < -0.39 is 11.6 Å². The number of hydrogen-bond acceptors (Lipinski definition) is 3. The van der Waals surface area contributed by atoms with E-state index in [1.807, 2.05) is 6.92 Å². The second kappa shape index (κ2) is 7.98. The van der Waals surface area contributed by atoms with Gasteiger partial charge in [0.05, 0.1) is 17.0 Å². The largest absolute Gasteiger partial charge is 0.331 e. The maximum atomic E-state index is 14.1. The molecule has 0 fully saturated rings. The minimum atomic E-state index is -0.648. The van der Waals surface area contributed by atoms with E-state index in [2.05, 4.69) is 10.2 Å². The Morgan fingerprint density at radius 3 is 2.56 bits per heavy atom. The second-order valence-electron chi connectivity index (χ2n) is 7.04. The van der Waals surface area contributed by atoms with Crippen molar-refractivity contribution in [3.05, 3.63) is 47.2 Å². The third-order valence-electron chi connectivity index (χ3n) is 4.99. The van der Waals surface area contributed by atoms with Gasteiger partial charge in [-0.1, -0.05) is 6.07 Å². The summed E-state index contributed by atoms with van der Waals surface area (Å²) in [7, 11) is 3.46. The number of halogens is 2. The zero-order valence-electron chi connectivity index (χ0n) is 15.9. The van der Waals surface area contributed by atoms with E-state index in [0.717, 1.165) is 30.5 Å². The monoisotopic (exact) mass is 374 g/mol.